The molecule has 0 aliphatic carbocycles. The number of halogens is 2. The molecule has 1 heterocycles. The minimum absolute atomic E-state index is 0.0774. The van der Waals surface area contributed by atoms with Gasteiger partial charge in [-0.05, 0) is 17.7 Å². The Morgan fingerprint density at radius 2 is 1.85 bits per heavy atom. The lowest BCUT2D eigenvalue weighted by molar-refractivity contribution is 0.410. The minimum atomic E-state index is -0.508. The van der Waals surface area contributed by atoms with Crippen molar-refractivity contribution in [1.82, 2.24) is 10.2 Å². The summed E-state index contributed by atoms with van der Waals surface area (Å²) in [6.07, 6.45) is 0. The van der Waals surface area contributed by atoms with E-state index in [1.807, 2.05) is 60.7 Å². The van der Waals surface area contributed by atoms with E-state index in [0.29, 0.717) is 23.3 Å². The smallest absolute Gasteiger partial charge is 0.168 e. The fourth-order valence-electron chi connectivity index (χ4n) is 3.08. The lowest BCUT2D eigenvalue weighted by Gasteiger charge is -2.10. The second kappa shape index (κ2) is 7.29. The molecule has 4 rings (SSSR count). The highest BCUT2D eigenvalue weighted by molar-refractivity contribution is 6.34. The molecule has 27 heavy (non-hydrogen) atoms. The number of rotatable bonds is 5. The zero-order valence-corrected chi connectivity index (χ0v) is 15.3. The molecule has 0 unspecified atom stereocenters. The Morgan fingerprint density at radius 1 is 1.11 bits per heavy atom. The van der Waals surface area contributed by atoms with Gasteiger partial charge >= 0.3 is 0 Å². The number of aromatic nitrogens is 2. The highest BCUT2D eigenvalue weighted by atomic mass is 35.5. The van der Waals surface area contributed by atoms with Gasteiger partial charge in [0.05, 0.1) is 12.1 Å². The van der Waals surface area contributed by atoms with Gasteiger partial charge in [-0.1, -0.05) is 60.1 Å². The summed E-state index contributed by atoms with van der Waals surface area (Å²) in [5, 5.41) is 10.9. The van der Waals surface area contributed by atoms with Crippen molar-refractivity contribution in [3.05, 3.63) is 77.1 Å². The number of fused-ring (bicyclic) bond motifs is 1. The number of aromatic amines is 1. The number of ether oxygens (including phenoxy) is 1. The Balaban J connectivity index is 1.73. The standard InChI is InChI=1S/C21H17ClFN3O/c1-27-17-10-6-5-9-14(17)12-24-21-16-11-15(13-7-3-2-4-8-13)18(22)19(23)20(16)25-26-21/h2-11H,12H2,1H3,(H2,24,25,26). The highest BCUT2D eigenvalue weighted by Crippen LogP contribution is 2.37. The van der Waals surface area contributed by atoms with Crippen LogP contribution in [-0.2, 0) is 6.54 Å². The van der Waals surface area contributed by atoms with Crippen LogP contribution in [0.15, 0.2) is 60.7 Å². The first kappa shape index (κ1) is 17.4. The van der Waals surface area contributed by atoms with E-state index in [1.165, 1.54) is 0 Å². The zero-order chi connectivity index (χ0) is 18.8. The maximum Gasteiger partial charge on any atom is 0.168 e. The molecule has 0 atom stereocenters. The average Bonchev–Trinajstić information content (AvgIpc) is 3.13. The van der Waals surface area contributed by atoms with Gasteiger partial charge < -0.3 is 10.1 Å². The summed E-state index contributed by atoms with van der Waals surface area (Å²) in [6.45, 7) is 0.495. The number of benzene rings is 3. The van der Waals surface area contributed by atoms with Crippen LogP contribution in [0.5, 0.6) is 5.75 Å². The van der Waals surface area contributed by atoms with Gasteiger partial charge in [0.2, 0.25) is 0 Å². The number of para-hydroxylation sites is 1. The van der Waals surface area contributed by atoms with Crippen molar-refractivity contribution in [2.75, 3.05) is 12.4 Å². The van der Waals surface area contributed by atoms with E-state index in [1.54, 1.807) is 7.11 Å². The van der Waals surface area contributed by atoms with Crippen LogP contribution >= 0.6 is 11.6 Å². The second-order valence-corrected chi connectivity index (χ2v) is 6.46. The van der Waals surface area contributed by atoms with Crippen molar-refractivity contribution in [1.29, 1.82) is 0 Å². The first-order chi connectivity index (χ1) is 13.2. The third-order valence-electron chi connectivity index (χ3n) is 4.46. The number of methoxy groups -OCH3 is 1. The molecule has 3 aromatic carbocycles. The van der Waals surface area contributed by atoms with Crippen LogP contribution in [0.25, 0.3) is 22.0 Å². The largest absolute Gasteiger partial charge is 0.496 e. The lowest BCUT2D eigenvalue weighted by Crippen LogP contribution is -2.02. The molecule has 1 aromatic heterocycles. The predicted molar refractivity (Wildman–Crippen MR) is 107 cm³/mol. The second-order valence-electron chi connectivity index (χ2n) is 6.08. The molecule has 0 aliphatic rings. The average molecular weight is 382 g/mol. The molecule has 2 N–H and O–H groups in total. The Morgan fingerprint density at radius 3 is 2.63 bits per heavy atom. The van der Waals surface area contributed by atoms with Crippen LogP contribution in [0.2, 0.25) is 5.02 Å². The van der Waals surface area contributed by atoms with Gasteiger partial charge in [0.1, 0.15) is 11.3 Å². The van der Waals surface area contributed by atoms with Gasteiger partial charge in [0.25, 0.3) is 0 Å². The van der Waals surface area contributed by atoms with Gasteiger partial charge in [-0.15, -0.1) is 0 Å². The number of nitrogens with one attached hydrogen (secondary N) is 2. The third kappa shape index (κ3) is 3.22. The predicted octanol–water partition coefficient (Wildman–Crippen LogP) is 5.64. The SMILES string of the molecule is COc1ccccc1CNc1n[nH]c2c(F)c(Cl)c(-c3ccccc3)cc12. The van der Waals surface area contributed by atoms with E-state index < -0.39 is 5.82 Å². The van der Waals surface area contributed by atoms with Crippen LogP contribution in [0.3, 0.4) is 0 Å². The van der Waals surface area contributed by atoms with Crippen LogP contribution in [0.4, 0.5) is 10.2 Å². The van der Waals surface area contributed by atoms with E-state index in [0.717, 1.165) is 16.9 Å². The van der Waals surface area contributed by atoms with E-state index in [4.69, 9.17) is 16.3 Å². The maximum atomic E-state index is 14.8. The molecule has 0 amide bonds. The normalized spacial score (nSPS) is 10.9. The molecule has 0 fully saturated rings. The number of anilines is 1. The number of hydrogen-bond donors (Lipinski definition) is 2. The van der Waals surface area contributed by atoms with Crippen molar-refractivity contribution in [2.24, 2.45) is 0 Å². The van der Waals surface area contributed by atoms with Crippen molar-refractivity contribution < 1.29 is 9.13 Å². The van der Waals surface area contributed by atoms with Crippen molar-refractivity contribution in [2.45, 2.75) is 6.54 Å². The molecular weight excluding hydrogens is 365 g/mol. The summed E-state index contributed by atoms with van der Waals surface area (Å²) >= 11 is 6.27. The fourth-order valence-corrected chi connectivity index (χ4v) is 3.34. The number of hydrogen-bond acceptors (Lipinski definition) is 3. The fraction of sp³-hybridized carbons (Fsp3) is 0.0952. The van der Waals surface area contributed by atoms with Gasteiger partial charge in [-0.2, -0.15) is 5.10 Å². The molecule has 136 valence electrons. The first-order valence-electron chi connectivity index (χ1n) is 8.46. The topological polar surface area (TPSA) is 49.9 Å². The molecule has 4 nitrogen and oxygen atoms in total. The first-order valence-corrected chi connectivity index (χ1v) is 8.84. The Bertz CT molecular complexity index is 1100. The monoisotopic (exact) mass is 381 g/mol. The van der Waals surface area contributed by atoms with E-state index in [-0.39, 0.29) is 10.5 Å². The minimum Gasteiger partial charge on any atom is -0.496 e. The van der Waals surface area contributed by atoms with E-state index in [9.17, 15) is 4.39 Å². The Kier molecular flexibility index (Phi) is 4.69. The van der Waals surface area contributed by atoms with Crippen LogP contribution in [0, 0.1) is 5.82 Å². The summed E-state index contributed by atoms with van der Waals surface area (Å²) in [6, 6.07) is 19.1. The maximum absolute atomic E-state index is 14.8. The van der Waals surface area contributed by atoms with E-state index in [2.05, 4.69) is 15.5 Å². The lowest BCUT2D eigenvalue weighted by atomic mass is 10.0. The van der Waals surface area contributed by atoms with E-state index >= 15 is 0 Å². The quantitative estimate of drug-likeness (QED) is 0.470. The van der Waals surface area contributed by atoms with Crippen molar-refractivity contribution in [3.8, 4) is 16.9 Å². The summed E-state index contributed by atoms with van der Waals surface area (Å²) in [5.41, 5.74) is 2.74. The summed E-state index contributed by atoms with van der Waals surface area (Å²) in [4.78, 5) is 0. The molecule has 4 aromatic rings. The van der Waals surface area contributed by atoms with Gasteiger partial charge in [0, 0.05) is 23.1 Å². The number of nitrogens with zero attached hydrogens (tertiary/aromatic N) is 1. The zero-order valence-electron chi connectivity index (χ0n) is 14.6. The van der Waals surface area contributed by atoms with Gasteiger partial charge in [-0.25, -0.2) is 4.39 Å². The van der Waals surface area contributed by atoms with Crippen LogP contribution in [-0.4, -0.2) is 17.3 Å². The summed E-state index contributed by atoms with van der Waals surface area (Å²) in [7, 11) is 1.63. The molecule has 0 aliphatic heterocycles. The molecule has 0 bridgehead atoms. The molecule has 0 saturated heterocycles. The molecule has 0 spiro atoms. The Labute approximate surface area is 160 Å². The van der Waals surface area contributed by atoms with Gasteiger partial charge in [0.15, 0.2) is 11.6 Å². The summed E-state index contributed by atoms with van der Waals surface area (Å²) in [5.74, 6) is 0.832. The Hall–Kier alpha value is -3.05. The highest BCUT2D eigenvalue weighted by Gasteiger charge is 2.18. The van der Waals surface area contributed by atoms with Crippen molar-refractivity contribution >= 4 is 28.3 Å². The molecule has 0 radical (unpaired) electrons. The van der Waals surface area contributed by atoms with Gasteiger partial charge in [-0.3, -0.25) is 5.10 Å². The molecule has 0 saturated carbocycles. The van der Waals surface area contributed by atoms with Crippen LogP contribution in [0.1, 0.15) is 5.56 Å². The summed E-state index contributed by atoms with van der Waals surface area (Å²) < 4.78 is 20.2. The van der Waals surface area contributed by atoms with Crippen LogP contribution < -0.4 is 10.1 Å². The third-order valence-corrected chi connectivity index (χ3v) is 4.83. The number of H-pyrrole nitrogens is 1. The molecular formula is C21H17ClFN3O. The molecule has 6 heteroatoms. The van der Waals surface area contributed by atoms with Crippen molar-refractivity contribution in [3.63, 3.8) is 0 Å².